The Kier molecular flexibility index (Phi) is 4.16. The lowest BCUT2D eigenvalue weighted by molar-refractivity contribution is 0.548. The summed E-state index contributed by atoms with van der Waals surface area (Å²) in [5.41, 5.74) is 5.53. The topological polar surface area (TPSA) is 52.6 Å². The van der Waals surface area contributed by atoms with Gasteiger partial charge in [-0.1, -0.05) is 24.3 Å². The molecule has 0 saturated carbocycles. The van der Waals surface area contributed by atoms with Crippen LogP contribution < -0.4 is 0 Å². The fraction of sp³-hybridized carbons (Fsp3) is 0.0556. The molecule has 0 spiro atoms. The molecule has 0 amide bonds. The normalized spacial score (nSPS) is 12.2. The van der Waals surface area contributed by atoms with Gasteiger partial charge in [-0.15, -0.1) is 0 Å². The summed E-state index contributed by atoms with van der Waals surface area (Å²) in [4.78, 5) is 0. The second-order valence-corrected chi connectivity index (χ2v) is 10.7. The van der Waals surface area contributed by atoms with E-state index >= 15 is 0 Å². The fourth-order valence-electron chi connectivity index (χ4n) is 6.02. The maximum Gasteiger partial charge on any atom is 0.136 e. The lowest BCUT2D eigenvalue weighted by atomic mass is 10.0. The van der Waals surface area contributed by atoms with Crippen molar-refractivity contribution in [2.24, 2.45) is 0 Å². The lowest BCUT2D eigenvalue weighted by Gasteiger charge is -2.02. The molecule has 0 atom stereocenters. The molecule has 40 heavy (non-hydrogen) atoms. The summed E-state index contributed by atoms with van der Waals surface area (Å²) in [6.45, 7) is 3.92. The molecule has 4 aromatic heterocycles. The summed E-state index contributed by atoms with van der Waals surface area (Å²) in [7, 11) is 0. The summed E-state index contributed by atoms with van der Waals surface area (Å²) in [5, 5.41) is 8.79. The zero-order valence-electron chi connectivity index (χ0n) is 21.9. The summed E-state index contributed by atoms with van der Waals surface area (Å²) in [6.07, 6.45) is 0. The van der Waals surface area contributed by atoms with Crippen molar-refractivity contribution in [3.05, 3.63) is 109 Å². The molecule has 0 radical (unpaired) electrons. The number of fused-ring (bicyclic) bond motifs is 8. The third-order valence-electron chi connectivity index (χ3n) is 8.03. The van der Waals surface area contributed by atoms with Crippen LogP contribution in [0.1, 0.15) is 11.5 Å². The molecule has 0 aliphatic rings. The standard InChI is InChI=1S/C36H22O4/c1-19-3-9-31(37-19)23-7-5-21-13-27-29-17-36-30(18-35(29)39-33(27)15-25(21)11-23)28-14-22-6-8-24(32-10-4-20(2)38-32)12-26(22)16-34(28)40-36/h3-18H,1-2H3. The number of hydrogen-bond donors (Lipinski definition) is 0. The molecule has 190 valence electrons. The Morgan fingerprint density at radius 3 is 1.20 bits per heavy atom. The van der Waals surface area contributed by atoms with E-state index in [-0.39, 0.29) is 0 Å². The van der Waals surface area contributed by atoms with Crippen molar-refractivity contribution in [2.75, 3.05) is 0 Å². The Hall–Kier alpha value is -5.22. The van der Waals surface area contributed by atoms with Gasteiger partial charge in [0.05, 0.1) is 0 Å². The van der Waals surface area contributed by atoms with E-state index in [1.165, 1.54) is 0 Å². The molecular formula is C36H22O4. The molecule has 0 fully saturated rings. The SMILES string of the molecule is Cc1ccc(-c2ccc3cc4c(cc3c2)oc2cc3c(cc24)oc2cc4cc(-c5ccc(C)o5)ccc4cc23)o1. The zero-order valence-corrected chi connectivity index (χ0v) is 21.9. The Bertz CT molecular complexity index is 2280. The van der Waals surface area contributed by atoms with Crippen LogP contribution in [0.15, 0.2) is 115 Å². The maximum atomic E-state index is 6.42. The van der Waals surface area contributed by atoms with E-state index in [1.54, 1.807) is 0 Å². The predicted octanol–water partition coefficient (Wildman–Crippen LogP) is 10.9. The highest BCUT2D eigenvalue weighted by Crippen LogP contribution is 2.40. The van der Waals surface area contributed by atoms with Crippen LogP contribution in [0, 0.1) is 13.8 Å². The van der Waals surface area contributed by atoms with E-state index in [9.17, 15) is 0 Å². The van der Waals surface area contributed by atoms with Gasteiger partial charge in [-0.05, 0) is 108 Å². The van der Waals surface area contributed by atoms with E-state index in [4.69, 9.17) is 17.7 Å². The molecule has 0 bridgehead atoms. The van der Waals surface area contributed by atoms with Crippen molar-refractivity contribution in [1.82, 2.24) is 0 Å². The molecule has 4 heteroatoms. The quantitative estimate of drug-likeness (QED) is 0.228. The first kappa shape index (κ1) is 21.7. The van der Waals surface area contributed by atoms with E-state index in [0.29, 0.717) is 0 Å². The molecule has 0 N–H and O–H groups in total. The highest BCUT2D eigenvalue weighted by Gasteiger charge is 2.16. The van der Waals surface area contributed by atoms with Crippen LogP contribution in [-0.4, -0.2) is 0 Å². The second kappa shape index (κ2) is 7.67. The second-order valence-electron chi connectivity index (χ2n) is 10.7. The average molecular weight is 519 g/mol. The molecule has 0 saturated heterocycles. The number of furan rings is 4. The zero-order chi connectivity index (χ0) is 26.5. The van der Waals surface area contributed by atoms with Crippen LogP contribution >= 0.6 is 0 Å². The van der Waals surface area contributed by atoms with Crippen molar-refractivity contribution in [3.63, 3.8) is 0 Å². The van der Waals surface area contributed by atoms with E-state index in [0.717, 1.165) is 99.6 Å². The van der Waals surface area contributed by atoms with Crippen LogP contribution in [0.25, 0.3) is 88.1 Å². The van der Waals surface area contributed by atoms with Gasteiger partial charge >= 0.3 is 0 Å². The van der Waals surface area contributed by atoms with Gasteiger partial charge in [-0.3, -0.25) is 0 Å². The van der Waals surface area contributed by atoms with Gasteiger partial charge in [0.15, 0.2) is 0 Å². The third-order valence-corrected chi connectivity index (χ3v) is 8.03. The minimum atomic E-state index is 0.853. The molecular weight excluding hydrogens is 496 g/mol. The highest BCUT2D eigenvalue weighted by molar-refractivity contribution is 6.18. The van der Waals surface area contributed by atoms with E-state index in [2.05, 4.69) is 72.8 Å². The van der Waals surface area contributed by atoms with Gasteiger partial charge in [-0.25, -0.2) is 0 Å². The molecule has 0 aliphatic carbocycles. The number of aryl methyl sites for hydroxylation is 2. The largest absolute Gasteiger partial charge is 0.461 e. The van der Waals surface area contributed by atoms with Gasteiger partial charge in [0.1, 0.15) is 45.4 Å². The summed E-state index contributed by atoms with van der Waals surface area (Å²) < 4.78 is 24.5. The lowest BCUT2D eigenvalue weighted by Crippen LogP contribution is -1.77. The van der Waals surface area contributed by atoms with E-state index in [1.807, 2.05) is 38.1 Å². The molecule has 0 unspecified atom stereocenters. The van der Waals surface area contributed by atoms with Gasteiger partial charge in [0.25, 0.3) is 0 Å². The minimum Gasteiger partial charge on any atom is -0.461 e. The van der Waals surface area contributed by atoms with Crippen molar-refractivity contribution in [3.8, 4) is 22.6 Å². The van der Waals surface area contributed by atoms with Crippen LogP contribution in [0.5, 0.6) is 0 Å². The first-order valence-electron chi connectivity index (χ1n) is 13.4. The summed E-state index contributed by atoms with van der Waals surface area (Å²) in [5.74, 6) is 3.55. The Labute approximate surface area is 228 Å². The van der Waals surface area contributed by atoms with Crippen LogP contribution in [0.2, 0.25) is 0 Å². The molecule has 9 aromatic rings. The summed E-state index contributed by atoms with van der Waals surface area (Å²) >= 11 is 0. The van der Waals surface area contributed by atoms with Crippen LogP contribution in [0.3, 0.4) is 0 Å². The van der Waals surface area contributed by atoms with Crippen molar-refractivity contribution in [1.29, 1.82) is 0 Å². The van der Waals surface area contributed by atoms with Gasteiger partial charge in [-0.2, -0.15) is 0 Å². The highest BCUT2D eigenvalue weighted by atomic mass is 16.3. The van der Waals surface area contributed by atoms with Crippen LogP contribution in [-0.2, 0) is 0 Å². The molecule has 4 heterocycles. The maximum absolute atomic E-state index is 6.42. The van der Waals surface area contributed by atoms with Gasteiger partial charge in [0.2, 0.25) is 0 Å². The molecule has 9 rings (SSSR count). The number of rotatable bonds is 2. The predicted molar refractivity (Wildman–Crippen MR) is 161 cm³/mol. The summed E-state index contributed by atoms with van der Waals surface area (Å²) in [6, 6.07) is 33.7. The Morgan fingerprint density at radius 1 is 0.350 bits per heavy atom. The minimum absolute atomic E-state index is 0.853. The van der Waals surface area contributed by atoms with Crippen molar-refractivity contribution in [2.45, 2.75) is 13.8 Å². The number of benzene rings is 5. The average Bonchev–Trinajstić information content (AvgIpc) is 3.74. The Balaban J connectivity index is 1.21. The number of hydrogen-bond acceptors (Lipinski definition) is 4. The smallest absolute Gasteiger partial charge is 0.136 e. The first-order valence-corrected chi connectivity index (χ1v) is 13.4. The van der Waals surface area contributed by atoms with Crippen molar-refractivity contribution < 1.29 is 17.7 Å². The molecule has 5 aromatic carbocycles. The first-order chi connectivity index (χ1) is 19.6. The van der Waals surface area contributed by atoms with Gasteiger partial charge in [0, 0.05) is 32.7 Å². The van der Waals surface area contributed by atoms with Gasteiger partial charge < -0.3 is 17.7 Å². The monoisotopic (exact) mass is 518 g/mol. The van der Waals surface area contributed by atoms with Crippen molar-refractivity contribution >= 4 is 65.4 Å². The molecule has 0 aliphatic heterocycles. The van der Waals surface area contributed by atoms with E-state index < -0.39 is 0 Å². The Morgan fingerprint density at radius 2 is 0.775 bits per heavy atom. The fourth-order valence-corrected chi connectivity index (χ4v) is 6.02. The third kappa shape index (κ3) is 3.13. The van der Waals surface area contributed by atoms with Crippen LogP contribution in [0.4, 0.5) is 0 Å². The molecule has 4 nitrogen and oxygen atoms in total.